The van der Waals surface area contributed by atoms with Crippen LogP contribution in [0, 0.1) is 0 Å². The van der Waals surface area contributed by atoms with Crippen LogP contribution in [0.15, 0.2) is 18.3 Å². The van der Waals surface area contributed by atoms with Gasteiger partial charge in [0.25, 0.3) is 0 Å². The van der Waals surface area contributed by atoms with Crippen molar-refractivity contribution in [2.75, 3.05) is 26.2 Å². The van der Waals surface area contributed by atoms with E-state index in [9.17, 15) is 4.79 Å². The molecule has 0 saturated carbocycles. The topological polar surface area (TPSA) is 58.6 Å². The number of ether oxygens (including phenoxy) is 1. The molecule has 0 bridgehead atoms. The summed E-state index contributed by atoms with van der Waals surface area (Å²) in [6, 6.07) is 3.66. The Morgan fingerprint density at radius 2 is 2.32 bits per heavy atom. The van der Waals surface area contributed by atoms with E-state index in [0.717, 1.165) is 26.1 Å². The normalized spacial score (nSPS) is 18.4. The molecule has 19 heavy (non-hydrogen) atoms. The van der Waals surface area contributed by atoms with Gasteiger partial charge in [-0.05, 0) is 19.9 Å². The second kappa shape index (κ2) is 6.36. The number of amides is 2. The van der Waals surface area contributed by atoms with Crippen molar-refractivity contribution in [3.8, 4) is 5.88 Å². The number of aromatic nitrogens is 2. The summed E-state index contributed by atoms with van der Waals surface area (Å²) in [5, 5.41) is 7.67. The lowest BCUT2D eigenvalue weighted by atomic mass is 10.3. The van der Waals surface area contributed by atoms with Crippen LogP contribution in [-0.4, -0.2) is 58.3 Å². The highest BCUT2D eigenvalue weighted by atomic mass is 16.5. The lowest BCUT2D eigenvalue weighted by Crippen LogP contribution is -2.42. The van der Waals surface area contributed by atoms with E-state index in [4.69, 9.17) is 4.74 Å². The first-order chi connectivity index (χ1) is 9.24. The Hall–Kier alpha value is -1.85. The average Bonchev–Trinajstić information content (AvgIpc) is 2.89. The fourth-order valence-electron chi connectivity index (χ4n) is 2.21. The van der Waals surface area contributed by atoms with Crippen molar-refractivity contribution in [1.29, 1.82) is 0 Å². The first-order valence-corrected chi connectivity index (χ1v) is 6.72. The van der Waals surface area contributed by atoms with Crippen molar-refractivity contribution in [2.24, 2.45) is 0 Å². The van der Waals surface area contributed by atoms with Crippen molar-refractivity contribution >= 4 is 6.03 Å². The summed E-state index contributed by atoms with van der Waals surface area (Å²) < 4.78 is 5.72. The van der Waals surface area contributed by atoms with Crippen LogP contribution in [0.25, 0.3) is 0 Å². The van der Waals surface area contributed by atoms with Crippen molar-refractivity contribution < 1.29 is 9.53 Å². The van der Waals surface area contributed by atoms with Gasteiger partial charge in [0.2, 0.25) is 5.88 Å². The number of nitrogens with zero attached hydrogens (tertiary/aromatic N) is 4. The van der Waals surface area contributed by atoms with Crippen molar-refractivity contribution in [1.82, 2.24) is 20.0 Å². The number of hydrogen-bond acceptors (Lipinski definition) is 4. The third-order valence-electron chi connectivity index (χ3n) is 3.28. The number of urea groups is 1. The third kappa shape index (κ3) is 3.33. The molecule has 2 amide bonds. The van der Waals surface area contributed by atoms with Gasteiger partial charge in [0.1, 0.15) is 6.10 Å². The van der Waals surface area contributed by atoms with Gasteiger partial charge in [0.15, 0.2) is 0 Å². The molecule has 6 heteroatoms. The SMILES string of the molecule is CCN(CC)C(=O)N1CCC(Oc2cccnn2)C1. The Labute approximate surface area is 113 Å². The van der Waals surface area contributed by atoms with E-state index in [-0.39, 0.29) is 12.1 Å². The van der Waals surface area contributed by atoms with Crippen LogP contribution in [0.2, 0.25) is 0 Å². The zero-order valence-corrected chi connectivity index (χ0v) is 11.5. The van der Waals surface area contributed by atoms with Crippen LogP contribution in [0.3, 0.4) is 0 Å². The lowest BCUT2D eigenvalue weighted by Gasteiger charge is -2.25. The van der Waals surface area contributed by atoms with Gasteiger partial charge in [0.05, 0.1) is 6.54 Å². The summed E-state index contributed by atoms with van der Waals surface area (Å²) in [6.07, 6.45) is 2.46. The molecule has 1 aromatic heterocycles. The molecule has 1 aromatic rings. The summed E-state index contributed by atoms with van der Waals surface area (Å²) >= 11 is 0. The minimum absolute atomic E-state index is 0.0104. The fraction of sp³-hybridized carbons (Fsp3) is 0.615. The van der Waals surface area contributed by atoms with Gasteiger partial charge >= 0.3 is 6.03 Å². The van der Waals surface area contributed by atoms with Crippen LogP contribution in [0.1, 0.15) is 20.3 Å². The number of likely N-dealkylation sites (tertiary alicyclic amines) is 1. The molecular weight excluding hydrogens is 244 g/mol. The fourth-order valence-corrected chi connectivity index (χ4v) is 2.21. The Balaban J connectivity index is 1.88. The van der Waals surface area contributed by atoms with E-state index in [1.54, 1.807) is 18.3 Å². The molecule has 6 nitrogen and oxygen atoms in total. The van der Waals surface area contributed by atoms with E-state index in [1.165, 1.54) is 0 Å². The summed E-state index contributed by atoms with van der Waals surface area (Å²) in [6.45, 7) is 6.81. The van der Waals surface area contributed by atoms with Crippen molar-refractivity contribution in [2.45, 2.75) is 26.4 Å². The molecule has 1 aliphatic rings. The second-order valence-electron chi connectivity index (χ2n) is 4.49. The minimum atomic E-state index is 0.0104. The predicted octanol–water partition coefficient (Wildman–Crippen LogP) is 1.39. The molecule has 1 saturated heterocycles. The summed E-state index contributed by atoms with van der Waals surface area (Å²) in [5.41, 5.74) is 0. The average molecular weight is 264 g/mol. The highest BCUT2D eigenvalue weighted by Crippen LogP contribution is 2.17. The Kier molecular flexibility index (Phi) is 4.54. The maximum atomic E-state index is 12.2. The Morgan fingerprint density at radius 3 is 2.95 bits per heavy atom. The molecule has 1 unspecified atom stereocenters. The van der Waals surface area contributed by atoms with Gasteiger partial charge in [-0.3, -0.25) is 0 Å². The standard InChI is InChI=1S/C13H20N4O2/c1-3-16(4-2)13(18)17-9-7-11(10-17)19-12-6-5-8-14-15-12/h5-6,8,11H,3-4,7,9-10H2,1-2H3. The van der Waals surface area contributed by atoms with Gasteiger partial charge in [-0.15, -0.1) is 5.10 Å². The van der Waals surface area contributed by atoms with Gasteiger partial charge < -0.3 is 14.5 Å². The molecule has 0 aromatic carbocycles. The van der Waals surface area contributed by atoms with Crippen LogP contribution >= 0.6 is 0 Å². The third-order valence-corrected chi connectivity index (χ3v) is 3.28. The van der Waals surface area contributed by atoms with Crippen LogP contribution in [-0.2, 0) is 0 Å². The van der Waals surface area contributed by atoms with E-state index in [1.807, 2.05) is 23.6 Å². The molecule has 1 fully saturated rings. The van der Waals surface area contributed by atoms with Crippen LogP contribution in [0.5, 0.6) is 5.88 Å². The molecule has 1 atom stereocenters. The van der Waals surface area contributed by atoms with E-state index >= 15 is 0 Å². The zero-order valence-electron chi connectivity index (χ0n) is 11.5. The number of rotatable bonds is 4. The highest BCUT2D eigenvalue weighted by molar-refractivity contribution is 5.74. The molecule has 104 valence electrons. The smallest absolute Gasteiger partial charge is 0.320 e. The zero-order chi connectivity index (χ0) is 13.7. The van der Waals surface area contributed by atoms with Crippen LogP contribution in [0.4, 0.5) is 4.79 Å². The highest BCUT2D eigenvalue weighted by Gasteiger charge is 2.29. The van der Waals surface area contributed by atoms with E-state index in [2.05, 4.69) is 10.2 Å². The minimum Gasteiger partial charge on any atom is -0.471 e. The molecule has 2 rings (SSSR count). The molecular formula is C13H20N4O2. The maximum Gasteiger partial charge on any atom is 0.320 e. The molecule has 2 heterocycles. The maximum absolute atomic E-state index is 12.2. The van der Waals surface area contributed by atoms with E-state index in [0.29, 0.717) is 12.4 Å². The molecule has 0 spiro atoms. The molecule has 0 radical (unpaired) electrons. The quantitative estimate of drug-likeness (QED) is 0.824. The van der Waals surface area contributed by atoms with Crippen molar-refractivity contribution in [3.63, 3.8) is 0 Å². The van der Waals surface area contributed by atoms with Crippen LogP contribution < -0.4 is 4.74 Å². The Morgan fingerprint density at radius 1 is 1.53 bits per heavy atom. The number of carbonyl (C=O) groups is 1. The summed E-state index contributed by atoms with van der Waals surface area (Å²) in [7, 11) is 0. The number of carbonyl (C=O) groups excluding carboxylic acids is 1. The predicted molar refractivity (Wildman–Crippen MR) is 71.0 cm³/mol. The van der Waals surface area contributed by atoms with Gasteiger partial charge in [-0.2, -0.15) is 5.10 Å². The molecule has 0 N–H and O–H groups in total. The molecule has 0 aliphatic carbocycles. The van der Waals surface area contributed by atoms with Crippen molar-refractivity contribution in [3.05, 3.63) is 18.3 Å². The van der Waals surface area contributed by atoms with Gasteiger partial charge in [-0.25, -0.2) is 4.79 Å². The monoisotopic (exact) mass is 264 g/mol. The Bertz CT molecular complexity index is 408. The van der Waals surface area contributed by atoms with Gasteiger partial charge in [0, 0.05) is 38.3 Å². The number of hydrogen-bond donors (Lipinski definition) is 0. The largest absolute Gasteiger partial charge is 0.471 e. The van der Waals surface area contributed by atoms with Gasteiger partial charge in [-0.1, -0.05) is 0 Å². The summed E-state index contributed by atoms with van der Waals surface area (Å²) in [5.74, 6) is 0.518. The van der Waals surface area contributed by atoms with E-state index < -0.39 is 0 Å². The first-order valence-electron chi connectivity index (χ1n) is 6.72. The first kappa shape index (κ1) is 13.6. The summed E-state index contributed by atoms with van der Waals surface area (Å²) in [4.78, 5) is 15.8. The molecule has 1 aliphatic heterocycles. The lowest BCUT2D eigenvalue weighted by molar-refractivity contribution is 0.154. The second-order valence-corrected chi connectivity index (χ2v) is 4.49.